The molecule has 0 spiro atoms. The molecular formula is C8H14N2O2. The van der Waals surface area contributed by atoms with Gasteiger partial charge in [0.1, 0.15) is 0 Å². The van der Waals surface area contributed by atoms with E-state index in [1.54, 1.807) is 0 Å². The van der Waals surface area contributed by atoms with E-state index in [1.165, 1.54) is 0 Å². The molecule has 0 saturated heterocycles. The number of rotatable bonds is 5. The van der Waals surface area contributed by atoms with Crippen LogP contribution in [0.3, 0.4) is 0 Å². The predicted octanol–water partition coefficient (Wildman–Crippen LogP) is 0.947. The maximum Gasteiger partial charge on any atom is 0.226 e. The van der Waals surface area contributed by atoms with Crippen molar-refractivity contribution < 1.29 is 9.63 Å². The molecule has 0 atom stereocenters. The quantitative estimate of drug-likeness (QED) is 0.668. The van der Waals surface area contributed by atoms with E-state index in [4.69, 9.17) is 9.63 Å². The van der Waals surface area contributed by atoms with Gasteiger partial charge >= 0.3 is 0 Å². The summed E-state index contributed by atoms with van der Waals surface area (Å²) in [5, 5.41) is 12.3. The molecule has 0 aliphatic rings. The minimum absolute atomic E-state index is 0.231. The average Bonchev–Trinajstić information content (AvgIpc) is 2.53. The number of nitrogens with zero attached hydrogens (tertiary/aromatic N) is 2. The molecule has 68 valence electrons. The highest BCUT2D eigenvalue weighted by atomic mass is 16.5. The molecule has 12 heavy (non-hydrogen) atoms. The lowest BCUT2D eigenvalue weighted by Gasteiger charge is -1.90. The van der Waals surface area contributed by atoms with Gasteiger partial charge in [0.15, 0.2) is 5.82 Å². The highest BCUT2D eigenvalue weighted by molar-refractivity contribution is 4.85. The average molecular weight is 170 g/mol. The molecule has 4 nitrogen and oxygen atoms in total. The molecule has 1 aromatic heterocycles. The number of aromatic nitrogens is 2. The van der Waals surface area contributed by atoms with Gasteiger partial charge in [0.05, 0.1) is 0 Å². The molecule has 0 bridgehead atoms. The SMILES string of the molecule is CCc1noc(CCCCO)n1. The molecule has 0 amide bonds. The Hall–Kier alpha value is -0.900. The Balaban J connectivity index is 2.31. The van der Waals surface area contributed by atoms with E-state index in [0.29, 0.717) is 5.89 Å². The number of unbranched alkanes of at least 4 members (excludes halogenated alkanes) is 1. The second kappa shape index (κ2) is 4.87. The molecule has 0 aliphatic heterocycles. The van der Waals surface area contributed by atoms with Gasteiger partial charge in [-0.3, -0.25) is 0 Å². The van der Waals surface area contributed by atoms with Gasteiger partial charge in [0, 0.05) is 19.4 Å². The Morgan fingerprint density at radius 1 is 1.42 bits per heavy atom. The van der Waals surface area contributed by atoms with Crippen LogP contribution < -0.4 is 0 Å². The normalized spacial score (nSPS) is 10.5. The lowest BCUT2D eigenvalue weighted by atomic mass is 10.2. The third kappa shape index (κ3) is 2.62. The van der Waals surface area contributed by atoms with Crippen LogP contribution in [0.4, 0.5) is 0 Å². The van der Waals surface area contributed by atoms with E-state index in [9.17, 15) is 0 Å². The minimum Gasteiger partial charge on any atom is -0.396 e. The molecular weight excluding hydrogens is 156 g/mol. The van der Waals surface area contributed by atoms with Crippen molar-refractivity contribution in [3.05, 3.63) is 11.7 Å². The molecule has 0 fully saturated rings. The fourth-order valence-corrected chi connectivity index (χ4v) is 0.923. The Bertz CT molecular complexity index is 223. The summed E-state index contributed by atoms with van der Waals surface area (Å²) in [4.78, 5) is 4.14. The number of hydrogen-bond donors (Lipinski definition) is 1. The van der Waals surface area contributed by atoms with Crippen molar-refractivity contribution in [1.82, 2.24) is 10.1 Å². The zero-order valence-electron chi connectivity index (χ0n) is 7.29. The van der Waals surface area contributed by atoms with Crippen LogP contribution in [0.25, 0.3) is 0 Å². The summed E-state index contributed by atoms with van der Waals surface area (Å²) in [5.41, 5.74) is 0. The van der Waals surface area contributed by atoms with Crippen LogP contribution >= 0.6 is 0 Å². The monoisotopic (exact) mass is 170 g/mol. The molecule has 4 heteroatoms. The topological polar surface area (TPSA) is 59.2 Å². The minimum atomic E-state index is 0.231. The van der Waals surface area contributed by atoms with Gasteiger partial charge in [-0.25, -0.2) is 0 Å². The fraction of sp³-hybridized carbons (Fsp3) is 0.750. The summed E-state index contributed by atoms with van der Waals surface area (Å²) in [6.07, 6.45) is 3.28. The molecule has 1 aromatic rings. The molecule has 0 aliphatic carbocycles. The second-order valence-electron chi connectivity index (χ2n) is 2.64. The number of aliphatic hydroxyl groups is 1. The second-order valence-corrected chi connectivity index (χ2v) is 2.64. The Kier molecular flexibility index (Phi) is 3.73. The maximum absolute atomic E-state index is 8.53. The summed E-state index contributed by atoms with van der Waals surface area (Å²) in [6, 6.07) is 0. The first kappa shape index (κ1) is 9.19. The standard InChI is InChI=1S/C8H14N2O2/c1-2-7-9-8(12-10-7)5-3-4-6-11/h11H,2-6H2,1H3. The lowest BCUT2D eigenvalue weighted by Crippen LogP contribution is -1.89. The highest BCUT2D eigenvalue weighted by Gasteiger charge is 2.02. The molecule has 0 saturated carbocycles. The Labute approximate surface area is 71.6 Å². The van der Waals surface area contributed by atoms with E-state index in [0.717, 1.165) is 31.5 Å². The van der Waals surface area contributed by atoms with Crippen molar-refractivity contribution >= 4 is 0 Å². The van der Waals surface area contributed by atoms with Gasteiger partial charge in [0.2, 0.25) is 5.89 Å². The zero-order valence-corrected chi connectivity index (χ0v) is 7.29. The van der Waals surface area contributed by atoms with Crippen molar-refractivity contribution in [3.63, 3.8) is 0 Å². The Morgan fingerprint density at radius 2 is 2.25 bits per heavy atom. The summed E-state index contributed by atoms with van der Waals surface area (Å²) in [7, 11) is 0. The van der Waals surface area contributed by atoms with E-state index in [-0.39, 0.29) is 6.61 Å². The van der Waals surface area contributed by atoms with Crippen LogP contribution in [0.15, 0.2) is 4.52 Å². The smallest absolute Gasteiger partial charge is 0.226 e. The molecule has 0 unspecified atom stereocenters. The van der Waals surface area contributed by atoms with Crippen LogP contribution in [0.2, 0.25) is 0 Å². The summed E-state index contributed by atoms with van der Waals surface area (Å²) >= 11 is 0. The number of aliphatic hydroxyl groups excluding tert-OH is 1. The van der Waals surface area contributed by atoms with E-state index >= 15 is 0 Å². The van der Waals surface area contributed by atoms with Gasteiger partial charge in [-0.15, -0.1) is 0 Å². The van der Waals surface area contributed by atoms with Crippen molar-refractivity contribution in [2.24, 2.45) is 0 Å². The van der Waals surface area contributed by atoms with Crippen LogP contribution in [-0.2, 0) is 12.8 Å². The number of hydrogen-bond acceptors (Lipinski definition) is 4. The van der Waals surface area contributed by atoms with Crippen LogP contribution in [0.1, 0.15) is 31.5 Å². The van der Waals surface area contributed by atoms with E-state index in [1.807, 2.05) is 6.92 Å². The van der Waals surface area contributed by atoms with E-state index in [2.05, 4.69) is 10.1 Å². The highest BCUT2D eigenvalue weighted by Crippen LogP contribution is 2.02. The van der Waals surface area contributed by atoms with E-state index < -0.39 is 0 Å². The molecule has 0 aromatic carbocycles. The van der Waals surface area contributed by atoms with Gasteiger partial charge in [0.25, 0.3) is 0 Å². The fourth-order valence-electron chi connectivity index (χ4n) is 0.923. The predicted molar refractivity (Wildman–Crippen MR) is 43.7 cm³/mol. The molecule has 1 heterocycles. The van der Waals surface area contributed by atoms with Crippen LogP contribution in [0, 0.1) is 0 Å². The van der Waals surface area contributed by atoms with Crippen molar-refractivity contribution in [1.29, 1.82) is 0 Å². The van der Waals surface area contributed by atoms with Crippen LogP contribution in [-0.4, -0.2) is 21.9 Å². The third-order valence-corrected chi connectivity index (χ3v) is 1.63. The van der Waals surface area contributed by atoms with Gasteiger partial charge in [-0.05, 0) is 12.8 Å². The first-order chi connectivity index (χ1) is 5.86. The third-order valence-electron chi connectivity index (χ3n) is 1.63. The molecule has 1 rings (SSSR count). The molecule has 0 radical (unpaired) electrons. The van der Waals surface area contributed by atoms with Crippen molar-refractivity contribution in [3.8, 4) is 0 Å². The summed E-state index contributed by atoms with van der Waals surface area (Å²) in [6.45, 7) is 2.22. The zero-order chi connectivity index (χ0) is 8.81. The summed E-state index contributed by atoms with van der Waals surface area (Å²) < 4.78 is 4.96. The van der Waals surface area contributed by atoms with Crippen molar-refractivity contribution in [2.75, 3.05) is 6.61 Å². The van der Waals surface area contributed by atoms with Gasteiger partial charge in [-0.2, -0.15) is 4.98 Å². The molecule has 1 N–H and O–H groups in total. The Morgan fingerprint density at radius 3 is 2.83 bits per heavy atom. The lowest BCUT2D eigenvalue weighted by molar-refractivity contribution is 0.280. The number of aryl methyl sites for hydroxylation is 2. The largest absolute Gasteiger partial charge is 0.396 e. The van der Waals surface area contributed by atoms with Gasteiger partial charge in [-0.1, -0.05) is 12.1 Å². The van der Waals surface area contributed by atoms with Gasteiger partial charge < -0.3 is 9.63 Å². The summed E-state index contributed by atoms with van der Waals surface area (Å²) in [5.74, 6) is 1.44. The first-order valence-electron chi connectivity index (χ1n) is 4.29. The first-order valence-corrected chi connectivity index (χ1v) is 4.29. The van der Waals surface area contributed by atoms with Crippen LogP contribution in [0.5, 0.6) is 0 Å². The van der Waals surface area contributed by atoms with Crippen molar-refractivity contribution in [2.45, 2.75) is 32.6 Å². The maximum atomic E-state index is 8.53.